The Hall–Kier alpha value is -1.68. The minimum absolute atomic E-state index is 0.183. The van der Waals surface area contributed by atoms with Crippen LogP contribution in [0.5, 0.6) is 0 Å². The summed E-state index contributed by atoms with van der Waals surface area (Å²) in [6, 6.07) is 11.4. The van der Waals surface area contributed by atoms with Gasteiger partial charge in [-0.2, -0.15) is 0 Å². The highest BCUT2D eigenvalue weighted by atomic mass is 32.1. The van der Waals surface area contributed by atoms with Gasteiger partial charge in [-0.3, -0.25) is 4.79 Å². The van der Waals surface area contributed by atoms with E-state index in [4.69, 9.17) is 0 Å². The van der Waals surface area contributed by atoms with E-state index in [1.807, 2.05) is 29.6 Å². The first-order valence-electron chi connectivity index (χ1n) is 7.84. The molecule has 2 aliphatic rings. The molecule has 0 spiro atoms. The molecule has 0 saturated carbocycles. The predicted octanol–water partition coefficient (Wildman–Crippen LogP) is 4.44. The highest BCUT2D eigenvalue weighted by Gasteiger charge is 2.43. The molecule has 2 aliphatic heterocycles. The maximum atomic E-state index is 13.1. The van der Waals surface area contributed by atoms with Gasteiger partial charge in [-0.25, -0.2) is 4.39 Å². The fourth-order valence-electron chi connectivity index (χ4n) is 4.04. The molecule has 2 atom stereocenters. The van der Waals surface area contributed by atoms with Crippen LogP contribution in [0.15, 0.2) is 41.8 Å². The van der Waals surface area contributed by atoms with Crippen molar-refractivity contribution in [2.75, 3.05) is 0 Å². The maximum absolute atomic E-state index is 13.1. The molecule has 2 unspecified atom stereocenters. The second kappa shape index (κ2) is 5.51. The van der Waals surface area contributed by atoms with Crippen LogP contribution in [0.25, 0.3) is 0 Å². The molecule has 1 amide bonds. The van der Waals surface area contributed by atoms with Crippen LogP contribution in [-0.2, 0) is 0 Å². The normalized spacial score (nSPS) is 27.1. The Kier molecular flexibility index (Phi) is 3.49. The van der Waals surface area contributed by atoms with Crippen molar-refractivity contribution in [2.45, 2.75) is 43.7 Å². The Labute approximate surface area is 133 Å². The second-order valence-corrected chi connectivity index (χ2v) is 7.24. The lowest BCUT2D eigenvalue weighted by Gasteiger charge is -2.39. The van der Waals surface area contributed by atoms with Gasteiger partial charge >= 0.3 is 0 Å². The molecule has 0 aliphatic carbocycles. The van der Waals surface area contributed by atoms with E-state index in [-0.39, 0.29) is 11.7 Å². The predicted molar refractivity (Wildman–Crippen MR) is 85.7 cm³/mol. The molecular weight excluding hydrogens is 297 g/mol. The molecule has 3 heterocycles. The third kappa shape index (κ3) is 2.35. The second-order valence-electron chi connectivity index (χ2n) is 6.29. The number of hydrogen-bond acceptors (Lipinski definition) is 2. The summed E-state index contributed by atoms with van der Waals surface area (Å²) in [6.45, 7) is 0. The van der Waals surface area contributed by atoms with Crippen LogP contribution in [-0.4, -0.2) is 22.9 Å². The first-order valence-corrected chi connectivity index (χ1v) is 8.72. The van der Waals surface area contributed by atoms with Crippen molar-refractivity contribution in [3.63, 3.8) is 0 Å². The fraction of sp³-hybridized carbons (Fsp3) is 0.389. The Bertz CT molecular complexity index is 653. The number of thiophene rings is 1. The third-order valence-electron chi connectivity index (χ3n) is 5.04. The summed E-state index contributed by atoms with van der Waals surface area (Å²) in [5.41, 5.74) is 1.21. The van der Waals surface area contributed by atoms with Gasteiger partial charge in [-0.15, -0.1) is 11.3 Å². The lowest BCUT2D eigenvalue weighted by atomic mass is 9.85. The van der Waals surface area contributed by atoms with Gasteiger partial charge < -0.3 is 4.90 Å². The molecule has 2 aromatic rings. The van der Waals surface area contributed by atoms with E-state index in [2.05, 4.69) is 4.90 Å². The number of rotatable bonds is 2. The largest absolute Gasteiger partial charge is 0.332 e. The monoisotopic (exact) mass is 315 g/mol. The van der Waals surface area contributed by atoms with Crippen molar-refractivity contribution in [3.8, 4) is 0 Å². The quantitative estimate of drug-likeness (QED) is 0.802. The van der Waals surface area contributed by atoms with Gasteiger partial charge in [0.25, 0.3) is 5.91 Å². The Balaban J connectivity index is 1.54. The van der Waals surface area contributed by atoms with Gasteiger partial charge in [-0.05, 0) is 60.7 Å². The van der Waals surface area contributed by atoms with Crippen LogP contribution in [0.3, 0.4) is 0 Å². The molecule has 2 nitrogen and oxygen atoms in total. The van der Waals surface area contributed by atoms with E-state index in [1.165, 1.54) is 16.9 Å². The minimum Gasteiger partial charge on any atom is -0.332 e. The molecule has 22 heavy (non-hydrogen) atoms. The number of halogens is 1. The van der Waals surface area contributed by atoms with E-state index in [0.717, 1.165) is 30.6 Å². The van der Waals surface area contributed by atoms with Crippen LogP contribution in [0.4, 0.5) is 4.39 Å². The summed E-state index contributed by atoms with van der Waals surface area (Å²) in [5.74, 6) is 0.461. The molecule has 1 aromatic heterocycles. The number of carbonyl (C=O) groups is 1. The highest BCUT2D eigenvalue weighted by Crippen LogP contribution is 2.43. The molecule has 4 rings (SSSR count). The van der Waals surface area contributed by atoms with E-state index >= 15 is 0 Å². The summed E-state index contributed by atoms with van der Waals surface area (Å²) in [7, 11) is 0. The molecular formula is C18H18FNOS. The molecule has 2 bridgehead atoms. The Morgan fingerprint density at radius 1 is 1.09 bits per heavy atom. The number of carbonyl (C=O) groups excluding carboxylic acids is 1. The van der Waals surface area contributed by atoms with Crippen LogP contribution in [0.2, 0.25) is 0 Å². The van der Waals surface area contributed by atoms with Crippen LogP contribution < -0.4 is 0 Å². The summed E-state index contributed by atoms with van der Waals surface area (Å²) in [6.07, 6.45) is 4.19. The van der Waals surface area contributed by atoms with Gasteiger partial charge in [0, 0.05) is 12.1 Å². The van der Waals surface area contributed by atoms with Gasteiger partial charge in [0.2, 0.25) is 0 Å². The smallest absolute Gasteiger partial charge is 0.264 e. The first kappa shape index (κ1) is 13.9. The SMILES string of the molecule is O=C(c1cccs1)N1C2CCC1CC(c1ccc(F)cc1)C2. The molecule has 2 saturated heterocycles. The van der Waals surface area contributed by atoms with Crippen LogP contribution in [0, 0.1) is 5.82 Å². The van der Waals surface area contributed by atoms with Gasteiger partial charge in [0.05, 0.1) is 4.88 Å². The summed E-state index contributed by atoms with van der Waals surface area (Å²) in [5, 5.41) is 1.96. The summed E-state index contributed by atoms with van der Waals surface area (Å²) < 4.78 is 13.1. The number of hydrogen-bond donors (Lipinski definition) is 0. The van der Waals surface area contributed by atoms with Crippen molar-refractivity contribution < 1.29 is 9.18 Å². The van der Waals surface area contributed by atoms with E-state index in [9.17, 15) is 9.18 Å². The molecule has 0 N–H and O–H groups in total. The van der Waals surface area contributed by atoms with Crippen molar-refractivity contribution in [1.29, 1.82) is 0 Å². The number of benzene rings is 1. The number of fused-ring (bicyclic) bond motifs is 2. The molecule has 2 fully saturated rings. The third-order valence-corrected chi connectivity index (χ3v) is 5.90. The van der Waals surface area contributed by atoms with Crippen molar-refractivity contribution in [3.05, 3.63) is 58.0 Å². The van der Waals surface area contributed by atoms with E-state index < -0.39 is 0 Å². The zero-order valence-electron chi connectivity index (χ0n) is 12.2. The van der Waals surface area contributed by atoms with Crippen molar-refractivity contribution in [2.24, 2.45) is 0 Å². The maximum Gasteiger partial charge on any atom is 0.264 e. The van der Waals surface area contributed by atoms with E-state index in [1.54, 1.807) is 12.1 Å². The number of piperidine rings is 1. The molecule has 114 valence electrons. The lowest BCUT2D eigenvalue weighted by Crippen LogP contribution is -2.45. The zero-order chi connectivity index (χ0) is 15.1. The Morgan fingerprint density at radius 3 is 2.36 bits per heavy atom. The Morgan fingerprint density at radius 2 is 1.77 bits per heavy atom. The summed E-state index contributed by atoms with van der Waals surface area (Å²) in [4.78, 5) is 15.7. The van der Waals surface area contributed by atoms with Gasteiger partial charge in [0.15, 0.2) is 0 Å². The molecule has 4 heteroatoms. The zero-order valence-corrected chi connectivity index (χ0v) is 13.1. The number of nitrogens with zero attached hydrogens (tertiary/aromatic N) is 1. The van der Waals surface area contributed by atoms with Gasteiger partial charge in [-0.1, -0.05) is 18.2 Å². The summed E-state index contributed by atoms with van der Waals surface area (Å²) >= 11 is 1.52. The minimum atomic E-state index is -0.183. The van der Waals surface area contributed by atoms with E-state index in [0.29, 0.717) is 18.0 Å². The van der Waals surface area contributed by atoms with Crippen LogP contribution in [0.1, 0.15) is 46.8 Å². The average molecular weight is 315 g/mol. The lowest BCUT2D eigenvalue weighted by molar-refractivity contribution is 0.0576. The topological polar surface area (TPSA) is 20.3 Å². The number of amides is 1. The fourth-order valence-corrected chi connectivity index (χ4v) is 4.71. The van der Waals surface area contributed by atoms with Crippen molar-refractivity contribution in [1.82, 2.24) is 4.90 Å². The first-order chi connectivity index (χ1) is 10.7. The molecule has 1 aromatic carbocycles. The van der Waals surface area contributed by atoms with Crippen LogP contribution >= 0.6 is 11.3 Å². The van der Waals surface area contributed by atoms with Crippen molar-refractivity contribution >= 4 is 17.2 Å². The van der Waals surface area contributed by atoms with Gasteiger partial charge in [0.1, 0.15) is 5.82 Å². The highest BCUT2D eigenvalue weighted by molar-refractivity contribution is 7.12. The standard InChI is InChI=1S/C18H18FNOS/c19-14-5-3-12(4-6-14)13-10-15-7-8-16(11-13)20(15)18(21)17-2-1-9-22-17/h1-6,9,13,15-16H,7-8,10-11H2. The average Bonchev–Trinajstić information content (AvgIpc) is 3.14. The molecule has 0 radical (unpaired) electrons.